The van der Waals surface area contributed by atoms with E-state index in [0.29, 0.717) is 0 Å². The third-order valence-electron chi connectivity index (χ3n) is 4.54. The predicted octanol–water partition coefficient (Wildman–Crippen LogP) is 2.00. The monoisotopic (exact) mass is 469 g/mol. The van der Waals surface area contributed by atoms with E-state index in [1.54, 1.807) is 0 Å². The van der Waals surface area contributed by atoms with Gasteiger partial charge in [-0.15, -0.1) is 24.0 Å². The fourth-order valence-corrected chi connectivity index (χ4v) is 2.90. The molecule has 1 heterocycles. The second-order valence-corrected chi connectivity index (χ2v) is 6.31. The normalized spacial score (nSPS) is 16.5. The van der Waals surface area contributed by atoms with E-state index in [-0.39, 0.29) is 24.0 Å². The molecule has 1 rings (SSSR count). The largest absolute Gasteiger partial charge is 0.382 e. The zero-order valence-corrected chi connectivity index (χ0v) is 18.9. The minimum Gasteiger partial charge on any atom is -0.382 e. The highest BCUT2D eigenvalue weighted by Gasteiger charge is 2.14. The van der Waals surface area contributed by atoms with Crippen molar-refractivity contribution in [2.45, 2.75) is 39.5 Å². The molecule has 0 radical (unpaired) electrons. The summed E-state index contributed by atoms with van der Waals surface area (Å²) in [4.78, 5) is 9.40. The molecule has 1 aliphatic rings. The van der Waals surface area contributed by atoms with E-state index in [2.05, 4.69) is 32.3 Å². The van der Waals surface area contributed by atoms with E-state index < -0.39 is 0 Å². The summed E-state index contributed by atoms with van der Waals surface area (Å²) in [7, 11) is 1.84. The van der Waals surface area contributed by atoms with Gasteiger partial charge in [0.1, 0.15) is 0 Å². The Balaban J connectivity index is 0.00000576. The smallest absolute Gasteiger partial charge is 0.190 e. The van der Waals surface area contributed by atoms with Crippen molar-refractivity contribution in [3.63, 3.8) is 0 Å². The van der Waals surface area contributed by atoms with Crippen LogP contribution in [-0.4, -0.2) is 88.4 Å². The molecule has 6 nitrogen and oxygen atoms in total. The summed E-state index contributed by atoms with van der Waals surface area (Å²) in [5.74, 6) is 0.919. The van der Waals surface area contributed by atoms with Gasteiger partial charge in [-0.3, -0.25) is 4.99 Å². The minimum atomic E-state index is 0. The highest BCUT2D eigenvalue weighted by atomic mass is 127. The Morgan fingerprint density at radius 2 is 1.52 bits per heavy atom. The first kappa shape index (κ1) is 24.9. The summed E-state index contributed by atoms with van der Waals surface area (Å²) in [5.41, 5.74) is 0. The van der Waals surface area contributed by atoms with Gasteiger partial charge in [0, 0.05) is 59.5 Å². The van der Waals surface area contributed by atoms with E-state index in [9.17, 15) is 0 Å². The highest BCUT2D eigenvalue weighted by Crippen LogP contribution is 2.02. The van der Waals surface area contributed by atoms with Crippen LogP contribution in [0.5, 0.6) is 0 Å². The van der Waals surface area contributed by atoms with Gasteiger partial charge in [0.15, 0.2) is 5.96 Å². The van der Waals surface area contributed by atoms with Gasteiger partial charge in [-0.05, 0) is 45.7 Å². The summed E-state index contributed by atoms with van der Waals surface area (Å²) < 4.78 is 5.34. The fourth-order valence-electron chi connectivity index (χ4n) is 2.90. The SMILES string of the molecule is CCOCCCCNC(=NC)NCCCCN1CCN(CC)CC1.I. The lowest BCUT2D eigenvalue weighted by molar-refractivity contribution is 0.136. The van der Waals surface area contributed by atoms with Gasteiger partial charge >= 0.3 is 0 Å². The molecule has 1 aliphatic heterocycles. The van der Waals surface area contributed by atoms with Crippen molar-refractivity contribution >= 4 is 29.9 Å². The topological polar surface area (TPSA) is 52.1 Å². The van der Waals surface area contributed by atoms with Gasteiger partial charge in [-0.1, -0.05) is 6.92 Å². The molecule has 0 bridgehead atoms. The molecule has 7 heteroatoms. The molecule has 0 amide bonds. The first-order valence-electron chi connectivity index (χ1n) is 9.77. The van der Waals surface area contributed by atoms with Crippen LogP contribution in [0.4, 0.5) is 0 Å². The lowest BCUT2D eigenvalue weighted by Gasteiger charge is -2.34. The molecule has 0 aromatic rings. The van der Waals surface area contributed by atoms with Crippen LogP contribution in [0.2, 0.25) is 0 Å². The Morgan fingerprint density at radius 1 is 0.920 bits per heavy atom. The van der Waals surface area contributed by atoms with Crippen molar-refractivity contribution in [3.8, 4) is 0 Å². The van der Waals surface area contributed by atoms with Crippen LogP contribution in [0.3, 0.4) is 0 Å². The van der Waals surface area contributed by atoms with Crippen molar-refractivity contribution in [3.05, 3.63) is 0 Å². The number of aliphatic imine (C=N–C) groups is 1. The zero-order valence-electron chi connectivity index (χ0n) is 16.6. The molecule has 150 valence electrons. The minimum absolute atomic E-state index is 0. The fraction of sp³-hybridized carbons (Fsp3) is 0.944. The van der Waals surface area contributed by atoms with Crippen LogP contribution in [-0.2, 0) is 4.74 Å². The second-order valence-electron chi connectivity index (χ2n) is 6.31. The van der Waals surface area contributed by atoms with Crippen molar-refractivity contribution in [2.75, 3.05) is 72.6 Å². The zero-order chi connectivity index (χ0) is 17.5. The van der Waals surface area contributed by atoms with Gasteiger partial charge < -0.3 is 25.2 Å². The number of hydrogen-bond acceptors (Lipinski definition) is 4. The Labute approximate surface area is 172 Å². The molecule has 1 fully saturated rings. The van der Waals surface area contributed by atoms with E-state index in [1.165, 1.54) is 52.1 Å². The number of unbranched alkanes of at least 4 members (excludes halogenated alkanes) is 2. The Morgan fingerprint density at radius 3 is 2.08 bits per heavy atom. The molecule has 1 saturated heterocycles. The Kier molecular flexibility index (Phi) is 17.2. The molecule has 0 unspecified atom stereocenters. The van der Waals surface area contributed by atoms with Crippen molar-refractivity contribution in [2.24, 2.45) is 4.99 Å². The van der Waals surface area contributed by atoms with Gasteiger partial charge in [-0.2, -0.15) is 0 Å². The number of nitrogens with zero attached hydrogens (tertiary/aromatic N) is 3. The molecule has 25 heavy (non-hydrogen) atoms. The number of piperazine rings is 1. The third kappa shape index (κ3) is 12.8. The third-order valence-corrected chi connectivity index (χ3v) is 4.54. The standard InChI is InChI=1S/C18H39N5O.HI/c1-4-22-13-15-23(16-14-22)12-8-6-10-20-18(19-3)21-11-7-9-17-24-5-2;/h4-17H2,1-3H3,(H2,19,20,21);1H. The number of nitrogens with one attached hydrogen (secondary N) is 2. The summed E-state index contributed by atoms with van der Waals surface area (Å²) in [5, 5.41) is 6.77. The van der Waals surface area contributed by atoms with Crippen LogP contribution in [0, 0.1) is 0 Å². The van der Waals surface area contributed by atoms with Crippen LogP contribution in [0.15, 0.2) is 4.99 Å². The van der Waals surface area contributed by atoms with Crippen LogP contribution < -0.4 is 10.6 Å². The molecular weight excluding hydrogens is 429 g/mol. The van der Waals surface area contributed by atoms with Crippen LogP contribution >= 0.6 is 24.0 Å². The lowest BCUT2D eigenvalue weighted by Crippen LogP contribution is -2.46. The number of likely N-dealkylation sites (N-methyl/N-ethyl adjacent to an activating group) is 1. The van der Waals surface area contributed by atoms with E-state index in [4.69, 9.17) is 4.74 Å². The highest BCUT2D eigenvalue weighted by molar-refractivity contribution is 14.0. The first-order chi connectivity index (χ1) is 11.8. The molecule has 0 saturated carbocycles. The molecule has 0 aromatic heterocycles. The summed E-state index contributed by atoms with van der Waals surface area (Å²) in [6.07, 6.45) is 4.66. The maximum absolute atomic E-state index is 5.34. The predicted molar refractivity (Wildman–Crippen MR) is 118 cm³/mol. The number of guanidine groups is 1. The van der Waals surface area contributed by atoms with Crippen molar-refractivity contribution in [1.29, 1.82) is 0 Å². The first-order valence-corrected chi connectivity index (χ1v) is 9.77. The van der Waals surface area contributed by atoms with E-state index in [1.807, 2.05) is 14.0 Å². The summed E-state index contributed by atoms with van der Waals surface area (Å²) in [6, 6.07) is 0. The number of hydrogen-bond donors (Lipinski definition) is 2. The average molecular weight is 469 g/mol. The van der Waals surface area contributed by atoms with E-state index >= 15 is 0 Å². The van der Waals surface area contributed by atoms with Crippen molar-refractivity contribution < 1.29 is 4.74 Å². The molecular formula is C18H40IN5O. The summed E-state index contributed by atoms with van der Waals surface area (Å²) in [6.45, 7) is 15.2. The quantitative estimate of drug-likeness (QED) is 0.198. The Bertz CT molecular complexity index is 323. The van der Waals surface area contributed by atoms with Crippen LogP contribution in [0.1, 0.15) is 39.5 Å². The van der Waals surface area contributed by atoms with Gasteiger partial charge in [0.2, 0.25) is 0 Å². The molecule has 0 aromatic carbocycles. The van der Waals surface area contributed by atoms with Crippen molar-refractivity contribution in [1.82, 2.24) is 20.4 Å². The van der Waals surface area contributed by atoms with Gasteiger partial charge in [-0.25, -0.2) is 0 Å². The maximum atomic E-state index is 5.34. The Hall–Kier alpha value is -0.120. The number of rotatable bonds is 12. The summed E-state index contributed by atoms with van der Waals surface area (Å²) >= 11 is 0. The van der Waals surface area contributed by atoms with Gasteiger partial charge in [0.25, 0.3) is 0 Å². The molecule has 0 atom stereocenters. The van der Waals surface area contributed by atoms with Crippen LogP contribution in [0.25, 0.3) is 0 Å². The average Bonchev–Trinajstić information content (AvgIpc) is 2.63. The second kappa shape index (κ2) is 17.3. The number of halogens is 1. The van der Waals surface area contributed by atoms with Gasteiger partial charge in [0.05, 0.1) is 0 Å². The number of ether oxygens (including phenoxy) is 1. The molecule has 0 spiro atoms. The molecule has 0 aliphatic carbocycles. The van der Waals surface area contributed by atoms with E-state index in [0.717, 1.165) is 45.1 Å². The maximum Gasteiger partial charge on any atom is 0.190 e. The molecule has 2 N–H and O–H groups in total. The lowest BCUT2D eigenvalue weighted by atomic mass is 10.2.